The molecule has 0 amide bonds. The van der Waals surface area contributed by atoms with Crippen molar-refractivity contribution in [3.05, 3.63) is 134 Å². The number of hydrogen-bond donors (Lipinski definition) is 0. The van der Waals surface area contributed by atoms with E-state index in [1.807, 2.05) is 36.4 Å². The van der Waals surface area contributed by atoms with Gasteiger partial charge in [0.05, 0.1) is 0 Å². The lowest BCUT2D eigenvalue weighted by Gasteiger charge is -2.48. The van der Waals surface area contributed by atoms with Crippen molar-refractivity contribution in [2.45, 2.75) is 26.2 Å². The highest BCUT2D eigenvalue weighted by atomic mass is 14.5. The minimum Gasteiger partial charge on any atom is -0.0991 e. The molecule has 1 aromatic carbocycles. The van der Waals surface area contributed by atoms with Crippen molar-refractivity contribution < 1.29 is 0 Å². The fourth-order valence-corrected chi connectivity index (χ4v) is 3.68. The molecule has 0 N–H and O–H groups in total. The smallest absolute Gasteiger partial charge is 0.0499 e. The van der Waals surface area contributed by atoms with Crippen molar-refractivity contribution in [2.75, 3.05) is 0 Å². The predicted octanol–water partition coefficient (Wildman–Crippen LogP) is 7.68. The third-order valence-electron chi connectivity index (χ3n) is 4.65. The van der Waals surface area contributed by atoms with E-state index in [0.29, 0.717) is 0 Å². The first-order valence-corrected chi connectivity index (χ1v) is 9.20. The predicted molar refractivity (Wildman–Crippen MR) is 123 cm³/mol. The van der Waals surface area contributed by atoms with Crippen LogP contribution in [0.1, 0.15) is 26.3 Å². The van der Waals surface area contributed by atoms with Crippen LogP contribution in [0.2, 0.25) is 0 Å². The molecule has 1 rings (SSSR count). The van der Waals surface area contributed by atoms with Crippen LogP contribution < -0.4 is 0 Å². The van der Waals surface area contributed by atoms with E-state index < -0.39 is 5.41 Å². The zero-order valence-electron chi connectivity index (χ0n) is 17.0. The molecule has 0 saturated carbocycles. The molecule has 0 radical (unpaired) electrons. The summed E-state index contributed by atoms with van der Waals surface area (Å²) in [5.41, 5.74) is 2.89. The van der Waals surface area contributed by atoms with E-state index in [2.05, 4.69) is 89.6 Å². The summed E-state index contributed by atoms with van der Waals surface area (Å²) in [5.74, 6) is 0. The minimum absolute atomic E-state index is 0.142. The van der Waals surface area contributed by atoms with E-state index in [1.165, 1.54) is 5.56 Å². The fraction of sp³-hybridized carbons (Fsp3) is 0.185. The van der Waals surface area contributed by atoms with Gasteiger partial charge in [0.1, 0.15) is 0 Å². The minimum atomic E-state index is -0.421. The molecular weight excluding hydrogens is 324 g/mol. The van der Waals surface area contributed by atoms with E-state index in [4.69, 9.17) is 0 Å². The first kappa shape index (κ1) is 22.2. The van der Waals surface area contributed by atoms with Gasteiger partial charge in [-0.2, -0.15) is 0 Å². The molecule has 0 heteroatoms. The van der Waals surface area contributed by atoms with Gasteiger partial charge >= 0.3 is 0 Å². The van der Waals surface area contributed by atoms with Gasteiger partial charge in [0.15, 0.2) is 0 Å². The summed E-state index contributed by atoms with van der Waals surface area (Å²) < 4.78 is 0. The van der Waals surface area contributed by atoms with Crippen LogP contribution in [0.25, 0.3) is 0 Å². The number of benzene rings is 1. The zero-order valence-corrected chi connectivity index (χ0v) is 17.0. The largest absolute Gasteiger partial charge is 0.0991 e. The molecule has 1 atom stereocenters. The molecule has 1 unspecified atom stereocenters. The number of allylic oxidation sites excluding steroid dienone is 12. The van der Waals surface area contributed by atoms with Gasteiger partial charge in [0.25, 0.3) is 0 Å². The average Bonchev–Trinajstić information content (AvgIpc) is 2.65. The fourth-order valence-electron chi connectivity index (χ4n) is 3.68. The van der Waals surface area contributed by atoms with Crippen molar-refractivity contribution in [1.29, 1.82) is 0 Å². The second-order valence-electron chi connectivity index (χ2n) is 7.27. The van der Waals surface area contributed by atoms with E-state index in [9.17, 15) is 0 Å². The van der Waals surface area contributed by atoms with E-state index in [-0.39, 0.29) is 5.41 Å². The highest BCUT2D eigenvalue weighted by molar-refractivity contribution is 5.57. The molecule has 0 bridgehead atoms. The third kappa shape index (κ3) is 4.86. The van der Waals surface area contributed by atoms with Gasteiger partial charge in [0.2, 0.25) is 0 Å². The quantitative estimate of drug-likeness (QED) is 0.398. The zero-order chi connectivity index (χ0) is 20.3. The molecule has 0 nitrogen and oxygen atoms in total. The van der Waals surface area contributed by atoms with E-state index >= 15 is 0 Å². The summed E-state index contributed by atoms with van der Waals surface area (Å²) in [6.45, 7) is 22.5. The van der Waals surface area contributed by atoms with Crippen molar-refractivity contribution in [3.63, 3.8) is 0 Å². The summed E-state index contributed by atoms with van der Waals surface area (Å²) in [4.78, 5) is 0. The van der Waals surface area contributed by atoms with Crippen LogP contribution in [-0.4, -0.2) is 0 Å². The third-order valence-corrected chi connectivity index (χ3v) is 4.65. The average molecular weight is 357 g/mol. The van der Waals surface area contributed by atoms with Crippen molar-refractivity contribution >= 4 is 0 Å². The summed E-state index contributed by atoms with van der Waals surface area (Å²) in [7, 11) is 0. The summed E-state index contributed by atoms with van der Waals surface area (Å²) in [5, 5.41) is 0. The Morgan fingerprint density at radius 2 is 1.37 bits per heavy atom. The highest BCUT2D eigenvalue weighted by Crippen LogP contribution is 2.53. The Hall–Kier alpha value is -2.86. The monoisotopic (exact) mass is 356 g/mol. The second-order valence-corrected chi connectivity index (χ2v) is 7.27. The Labute approximate surface area is 166 Å². The van der Waals surface area contributed by atoms with Crippen LogP contribution in [0.5, 0.6) is 0 Å². The molecule has 0 aliphatic heterocycles. The van der Waals surface area contributed by atoms with Gasteiger partial charge in [-0.15, -0.1) is 0 Å². The Balaban J connectivity index is 4.07. The first-order chi connectivity index (χ1) is 12.9. The van der Waals surface area contributed by atoms with Gasteiger partial charge in [0, 0.05) is 5.41 Å². The van der Waals surface area contributed by atoms with E-state index in [1.54, 1.807) is 12.2 Å². The first-order valence-electron chi connectivity index (χ1n) is 9.20. The highest BCUT2D eigenvalue weighted by Gasteiger charge is 2.47. The van der Waals surface area contributed by atoms with Gasteiger partial charge in [-0.05, 0) is 22.1 Å². The molecule has 140 valence electrons. The molecule has 0 aliphatic rings. The Morgan fingerprint density at radius 1 is 0.741 bits per heavy atom. The van der Waals surface area contributed by atoms with Crippen LogP contribution in [0.3, 0.4) is 0 Å². The van der Waals surface area contributed by atoms with Gasteiger partial charge in [-0.1, -0.05) is 138 Å². The van der Waals surface area contributed by atoms with Gasteiger partial charge in [-0.3, -0.25) is 0 Å². The summed E-state index contributed by atoms with van der Waals surface area (Å²) in [6, 6.07) is 10.6. The molecule has 0 aromatic heterocycles. The molecular formula is C27H32. The van der Waals surface area contributed by atoms with Crippen molar-refractivity contribution in [2.24, 2.45) is 5.41 Å². The van der Waals surface area contributed by atoms with Crippen LogP contribution in [0.15, 0.2) is 129 Å². The number of rotatable bonds is 9. The van der Waals surface area contributed by atoms with Crippen LogP contribution in [-0.2, 0) is 5.41 Å². The molecule has 0 fully saturated rings. The number of hydrogen-bond acceptors (Lipinski definition) is 0. The van der Waals surface area contributed by atoms with Crippen LogP contribution in [0, 0.1) is 5.41 Å². The Kier molecular flexibility index (Phi) is 8.48. The summed E-state index contributed by atoms with van der Waals surface area (Å²) >= 11 is 0. The van der Waals surface area contributed by atoms with Crippen molar-refractivity contribution in [3.8, 4) is 0 Å². The van der Waals surface area contributed by atoms with Crippen LogP contribution in [0.4, 0.5) is 0 Å². The molecule has 1 aromatic rings. The van der Waals surface area contributed by atoms with Gasteiger partial charge in [-0.25, -0.2) is 0 Å². The Bertz CT molecular complexity index is 773. The lowest BCUT2D eigenvalue weighted by Crippen LogP contribution is -2.43. The molecule has 0 saturated heterocycles. The Morgan fingerprint density at radius 3 is 1.85 bits per heavy atom. The van der Waals surface area contributed by atoms with Gasteiger partial charge < -0.3 is 0 Å². The maximum Gasteiger partial charge on any atom is 0.0499 e. The lowest BCUT2D eigenvalue weighted by molar-refractivity contribution is 0.271. The molecule has 0 heterocycles. The SMILES string of the molecule is C=C/C=C\C=C(/C=C)C(C(/C=C\C=C)=C/C=C)(c1ccccc1)C(C)(C)C. The molecule has 0 aliphatic carbocycles. The van der Waals surface area contributed by atoms with Crippen molar-refractivity contribution in [1.82, 2.24) is 0 Å². The second kappa shape index (κ2) is 10.3. The maximum atomic E-state index is 4.14. The maximum absolute atomic E-state index is 4.14. The molecule has 0 spiro atoms. The lowest BCUT2D eigenvalue weighted by atomic mass is 9.54. The normalized spacial score (nSPS) is 15.5. The van der Waals surface area contributed by atoms with E-state index in [0.717, 1.165) is 11.1 Å². The standard InChI is InChI=1S/C27H32/c1-8-12-15-20-23(11-4)27(26(5,6)7,25-21-16-14-17-22-25)24(18-10-3)19-13-9-2/h8-22H,1-4H2,5-7H3/b15-12-,19-13-,23-20+,24-18+. The summed E-state index contributed by atoms with van der Waals surface area (Å²) in [6.07, 6.45) is 19.6. The topological polar surface area (TPSA) is 0 Å². The van der Waals surface area contributed by atoms with Crippen LogP contribution >= 0.6 is 0 Å². The molecule has 27 heavy (non-hydrogen) atoms.